The lowest BCUT2D eigenvalue weighted by molar-refractivity contribution is -0.117. The SMILES string of the molecule is COc1ccc(N(CCC(=O)Nc2cccc(C(C)=O)c2)C(C)=O)c(OC)c1. The van der Waals surface area contributed by atoms with E-state index in [0.29, 0.717) is 28.4 Å². The molecule has 0 radical (unpaired) electrons. The van der Waals surface area contributed by atoms with Gasteiger partial charge in [-0.1, -0.05) is 12.1 Å². The van der Waals surface area contributed by atoms with Crippen LogP contribution in [0, 0.1) is 0 Å². The number of rotatable bonds is 8. The number of carbonyl (C=O) groups is 3. The summed E-state index contributed by atoms with van der Waals surface area (Å²) in [5.41, 5.74) is 1.61. The fourth-order valence-corrected chi connectivity index (χ4v) is 2.71. The van der Waals surface area contributed by atoms with Gasteiger partial charge in [0.2, 0.25) is 11.8 Å². The smallest absolute Gasteiger partial charge is 0.226 e. The number of hydrogen-bond acceptors (Lipinski definition) is 5. The molecule has 2 rings (SSSR count). The van der Waals surface area contributed by atoms with Gasteiger partial charge in [0.05, 0.1) is 19.9 Å². The van der Waals surface area contributed by atoms with Gasteiger partial charge in [0, 0.05) is 37.2 Å². The van der Waals surface area contributed by atoms with Crippen LogP contribution in [0.25, 0.3) is 0 Å². The zero-order chi connectivity index (χ0) is 20.7. The third-order valence-corrected chi connectivity index (χ3v) is 4.17. The van der Waals surface area contributed by atoms with Crippen LogP contribution in [0.3, 0.4) is 0 Å². The van der Waals surface area contributed by atoms with Crippen molar-refractivity contribution in [1.82, 2.24) is 0 Å². The van der Waals surface area contributed by atoms with E-state index in [1.54, 1.807) is 49.6 Å². The summed E-state index contributed by atoms with van der Waals surface area (Å²) in [6.07, 6.45) is 0.0824. The average Bonchev–Trinajstić information content (AvgIpc) is 2.68. The van der Waals surface area contributed by atoms with Crippen LogP contribution in [0.4, 0.5) is 11.4 Å². The normalized spacial score (nSPS) is 10.1. The third-order valence-electron chi connectivity index (χ3n) is 4.17. The number of Topliss-reactive ketones (excluding diaryl/α,β-unsaturated/α-hetero) is 1. The second-order valence-electron chi connectivity index (χ2n) is 6.14. The first kappa shape index (κ1) is 21.0. The Labute approximate surface area is 164 Å². The minimum absolute atomic E-state index is 0.0783. The maximum atomic E-state index is 12.3. The van der Waals surface area contributed by atoms with Crippen LogP contribution >= 0.6 is 0 Å². The van der Waals surface area contributed by atoms with E-state index in [2.05, 4.69) is 5.32 Å². The van der Waals surface area contributed by atoms with Gasteiger partial charge in [-0.05, 0) is 31.2 Å². The van der Waals surface area contributed by atoms with E-state index in [9.17, 15) is 14.4 Å². The molecule has 0 saturated carbocycles. The first-order valence-corrected chi connectivity index (χ1v) is 8.76. The van der Waals surface area contributed by atoms with Crippen LogP contribution < -0.4 is 19.7 Å². The fourth-order valence-electron chi connectivity index (χ4n) is 2.71. The molecule has 0 saturated heterocycles. The number of ketones is 1. The summed E-state index contributed by atoms with van der Waals surface area (Å²) in [7, 11) is 3.05. The van der Waals surface area contributed by atoms with Gasteiger partial charge < -0.3 is 19.7 Å². The molecule has 0 aromatic heterocycles. The molecule has 0 aliphatic carbocycles. The quantitative estimate of drug-likeness (QED) is 0.706. The molecular weight excluding hydrogens is 360 g/mol. The summed E-state index contributed by atoms with van der Waals surface area (Å²) >= 11 is 0. The highest BCUT2D eigenvalue weighted by Crippen LogP contribution is 2.32. The van der Waals surface area contributed by atoms with E-state index in [1.165, 1.54) is 25.9 Å². The molecule has 2 aromatic rings. The van der Waals surface area contributed by atoms with Crippen LogP contribution in [0.5, 0.6) is 11.5 Å². The molecule has 148 valence electrons. The number of nitrogens with one attached hydrogen (secondary N) is 1. The summed E-state index contributed by atoms with van der Waals surface area (Å²) in [5.74, 6) is 0.524. The van der Waals surface area contributed by atoms with Gasteiger partial charge in [-0.2, -0.15) is 0 Å². The number of nitrogens with zero attached hydrogens (tertiary/aromatic N) is 1. The zero-order valence-electron chi connectivity index (χ0n) is 16.4. The van der Waals surface area contributed by atoms with Crippen molar-refractivity contribution < 1.29 is 23.9 Å². The Hall–Kier alpha value is -3.35. The van der Waals surface area contributed by atoms with Gasteiger partial charge in [-0.3, -0.25) is 14.4 Å². The minimum Gasteiger partial charge on any atom is -0.497 e. The first-order chi connectivity index (χ1) is 13.3. The minimum atomic E-state index is -0.264. The number of benzene rings is 2. The third kappa shape index (κ3) is 5.33. The van der Waals surface area contributed by atoms with Gasteiger partial charge >= 0.3 is 0 Å². The van der Waals surface area contributed by atoms with Crippen LogP contribution in [0.2, 0.25) is 0 Å². The average molecular weight is 384 g/mol. The molecule has 2 amide bonds. The van der Waals surface area contributed by atoms with Crippen molar-refractivity contribution in [3.05, 3.63) is 48.0 Å². The summed E-state index contributed by atoms with van der Waals surface area (Å²) in [5, 5.41) is 2.75. The number of anilines is 2. The number of methoxy groups -OCH3 is 2. The monoisotopic (exact) mass is 384 g/mol. The largest absolute Gasteiger partial charge is 0.497 e. The van der Waals surface area contributed by atoms with Crippen LogP contribution in [-0.2, 0) is 9.59 Å². The maximum Gasteiger partial charge on any atom is 0.226 e. The summed E-state index contributed by atoms with van der Waals surface area (Å²) in [6.45, 7) is 3.07. The Morgan fingerprint density at radius 3 is 2.36 bits per heavy atom. The van der Waals surface area contributed by atoms with E-state index in [4.69, 9.17) is 9.47 Å². The molecule has 1 N–H and O–H groups in total. The van der Waals surface area contributed by atoms with Crippen LogP contribution in [0.1, 0.15) is 30.6 Å². The predicted molar refractivity (Wildman–Crippen MR) is 107 cm³/mol. The highest BCUT2D eigenvalue weighted by Gasteiger charge is 2.18. The lowest BCUT2D eigenvalue weighted by Crippen LogP contribution is -2.32. The second-order valence-corrected chi connectivity index (χ2v) is 6.14. The Morgan fingerprint density at radius 2 is 1.75 bits per heavy atom. The predicted octanol–water partition coefficient (Wildman–Crippen LogP) is 3.29. The van der Waals surface area contributed by atoms with E-state index >= 15 is 0 Å². The van der Waals surface area contributed by atoms with Gasteiger partial charge in [-0.25, -0.2) is 0 Å². The molecule has 0 aliphatic heterocycles. The number of hydrogen-bond donors (Lipinski definition) is 1. The molecule has 0 atom stereocenters. The fraction of sp³-hybridized carbons (Fsp3) is 0.286. The topological polar surface area (TPSA) is 84.9 Å². The van der Waals surface area contributed by atoms with Crippen molar-refractivity contribution in [1.29, 1.82) is 0 Å². The Balaban J connectivity index is 2.09. The van der Waals surface area contributed by atoms with Crippen LogP contribution in [0.15, 0.2) is 42.5 Å². The molecule has 0 unspecified atom stereocenters. The lowest BCUT2D eigenvalue weighted by atomic mass is 10.1. The molecule has 2 aromatic carbocycles. The molecule has 0 bridgehead atoms. The van der Waals surface area contributed by atoms with Gasteiger partial charge in [0.25, 0.3) is 0 Å². The Kier molecular flexibility index (Phi) is 7.14. The highest BCUT2D eigenvalue weighted by atomic mass is 16.5. The van der Waals surface area contributed by atoms with Crippen molar-refractivity contribution in [3.8, 4) is 11.5 Å². The van der Waals surface area contributed by atoms with Crippen molar-refractivity contribution in [2.45, 2.75) is 20.3 Å². The molecule has 0 spiro atoms. The Morgan fingerprint density at radius 1 is 1.00 bits per heavy atom. The molecule has 0 aliphatic rings. The number of amides is 2. The second kappa shape index (κ2) is 9.55. The Bertz CT molecular complexity index is 879. The van der Waals surface area contributed by atoms with E-state index < -0.39 is 0 Å². The molecule has 7 nitrogen and oxygen atoms in total. The highest BCUT2D eigenvalue weighted by molar-refractivity contribution is 5.98. The molecular formula is C21H24N2O5. The van der Waals surface area contributed by atoms with Gasteiger partial charge in [0.15, 0.2) is 5.78 Å². The van der Waals surface area contributed by atoms with Crippen molar-refractivity contribution in [2.75, 3.05) is 31.0 Å². The van der Waals surface area contributed by atoms with E-state index in [-0.39, 0.29) is 30.6 Å². The molecule has 0 fully saturated rings. The van der Waals surface area contributed by atoms with Gasteiger partial charge in [0.1, 0.15) is 11.5 Å². The standard InChI is InChI=1S/C21H24N2O5/c1-14(24)16-6-5-7-17(12-16)22-21(26)10-11-23(15(2)25)19-9-8-18(27-3)13-20(19)28-4/h5-9,12-13H,10-11H2,1-4H3,(H,22,26). The van der Waals surface area contributed by atoms with E-state index in [1.807, 2.05) is 0 Å². The van der Waals surface area contributed by atoms with Gasteiger partial charge in [-0.15, -0.1) is 0 Å². The maximum absolute atomic E-state index is 12.3. The summed E-state index contributed by atoms with van der Waals surface area (Å²) in [4.78, 5) is 37.4. The zero-order valence-corrected chi connectivity index (χ0v) is 16.4. The summed E-state index contributed by atoms with van der Waals surface area (Å²) in [6, 6.07) is 11.8. The molecule has 0 heterocycles. The molecule has 28 heavy (non-hydrogen) atoms. The van der Waals surface area contributed by atoms with Crippen molar-refractivity contribution in [3.63, 3.8) is 0 Å². The van der Waals surface area contributed by atoms with Crippen molar-refractivity contribution in [2.24, 2.45) is 0 Å². The first-order valence-electron chi connectivity index (χ1n) is 8.76. The molecule has 7 heteroatoms. The van der Waals surface area contributed by atoms with Crippen molar-refractivity contribution >= 4 is 29.0 Å². The number of ether oxygens (including phenoxy) is 2. The number of carbonyl (C=O) groups excluding carboxylic acids is 3. The van der Waals surface area contributed by atoms with E-state index in [0.717, 1.165) is 0 Å². The summed E-state index contributed by atoms with van der Waals surface area (Å²) < 4.78 is 10.5. The van der Waals surface area contributed by atoms with Crippen LogP contribution in [-0.4, -0.2) is 38.4 Å². The lowest BCUT2D eigenvalue weighted by Gasteiger charge is -2.23.